The second-order valence-corrected chi connectivity index (χ2v) is 2.07. The van der Waals surface area contributed by atoms with E-state index < -0.39 is 10.1 Å². The van der Waals surface area contributed by atoms with Crippen molar-refractivity contribution in [1.29, 1.82) is 0 Å². The van der Waals surface area contributed by atoms with E-state index in [0.29, 0.717) is 0 Å². The lowest BCUT2D eigenvalue weighted by atomic mass is 10.6. The van der Waals surface area contributed by atoms with E-state index in [1.165, 1.54) is 0 Å². The van der Waals surface area contributed by atoms with Crippen LogP contribution in [0, 0.1) is 20.2 Å². The molecule has 0 amide bonds. The number of hydrogen-bond donors (Lipinski definition) is 0. The molecule has 12 heteroatoms. The Morgan fingerprint density at radius 2 is 1.86 bits per heavy atom. The third kappa shape index (κ3) is 0.869. The first-order chi connectivity index (χ1) is 6.61. The van der Waals surface area contributed by atoms with Gasteiger partial charge in [-0.1, -0.05) is 10.2 Å². The first-order valence-electron chi connectivity index (χ1n) is 3.07. The predicted octanol–water partition coefficient (Wildman–Crippen LogP) is -1.95. The number of hydrogen-bond acceptors (Lipinski definition) is 8. The Morgan fingerprint density at radius 1 is 1.14 bits per heavy atom. The van der Waals surface area contributed by atoms with Gasteiger partial charge in [-0.05, 0) is 5.21 Å². The number of nitro groups is 2. The van der Waals surface area contributed by atoms with Crippen LogP contribution in [-0.2, 0) is 0 Å². The Balaban J connectivity index is 2.75. The average Bonchev–Trinajstić information content (AvgIpc) is 2.58. The molecule has 0 N–H and O–H groups in total. The molecule has 0 atom stereocenters. The summed E-state index contributed by atoms with van der Waals surface area (Å²) in [5.41, 5.74) is 0. The summed E-state index contributed by atoms with van der Waals surface area (Å²) in [5, 5.41) is 31.3. The molecule has 2 heterocycles. The monoisotopic (exact) mass is 200 g/mol. The summed E-state index contributed by atoms with van der Waals surface area (Å²) in [6, 6.07) is 0. The van der Waals surface area contributed by atoms with Gasteiger partial charge in [-0.25, -0.2) is 0 Å². The quantitative estimate of drug-likeness (QED) is 0.401. The van der Waals surface area contributed by atoms with Crippen LogP contribution >= 0.6 is 0 Å². The van der Waals surface area contributed by atoms with Gasteiger partial charge >= 0.3 is 11.6 Å². The number of rotatable bonds is 2. The molecule has 0 spiro atoms. The molecule has 0 saturated carbocycles. The van der Waals surface area contributed by atoms with Gasteiger partial charge in [-0.2, -0.15) is 0 Å². The predicted molar refractivity (Wildman–Crippen MR) is 35.0 cm³/mol. The normalized spacial score (nSPS) is 10.6. The molecule has 0 aliphatic carbocycles. The van der Waals surface area contributed by atoms with Crippen LogP contribution in [-0.4, -0.2) is 40.3 Å². The minimum Gasteiger partial charge on any atom is -0.354 e. The van der Waals surface area contributed by atoms with Crippen molar-refractivity contribution in [2.45, 2.75) is 0 Å². The average molecular weight is 200 g/mol. The summed E-state index contributed by atoms with van der Waals surface area (Å²) in [4.78, 5) is 20.7. The molecule has 72 valence electrons. The summed E-state index contributed by atoms with van der Waals surface area (Å²) in [6.45, 7) is 0. The fraction of sp³-hybridized carbons (Fsp3) is 0. The lowest BCUT2D eigenvalue weighted by Gasteiger charge is -1.90. The van der Waals surface area contributed by atoms with Crippen molar-refractivity contribution < 1.29 is 10.1 Å². The molecule has 2 aliphatic rings. The van der Waals surface area contributed by atoms with Crippen molar-refractivity contribution in [3.05, 3.63) is 20.2 Å². The second kappa shape index (κ2) is 2.41. The van der Waals surface area contributed by atoms with Crippen LogP contribution in [0.5, 0.6) is 0 Å². The maximum absolute atomic E-state index is 10.4. The van der Waals surface area contributed by atoms with E-state index in [0.717, 1.165) is 0 Å². The van der Waals surface area contributed by atoms with Crippen LogP contribution in [0.2, 0.25) is 0 Å². The molecule has 0 aromatic rings. The van der Waals surface area contributed by atoms with Crippen molar-refractivity contribution >= 4 is 0 Å². The van der Waals surface area contributed by atoms with E-state index in [-0.39, 0.29) is 21.3 Å². The SMILES string of the molecule is O=[N+]([O-])n1nc2nnnc-2n1[N+](=O)[O-]. The van der Waals surface area contributed by atoms with Crippen molar-refractivity contribution in [2.75, 3.05) is 0 Å². The molecule has 2 aliphatic heterocycles. The molecule has 14 heavy (non-hydrogen) atoms. The fourth-order valence-electron chi connectivity index (χ4n) is 0.851. The van der Waals surface area contributed by atoms with Crippen molar-refractivity contribution in [1.82, 2.24) is 30.2 Å². The lowest BCUT2D eigenvalue weighted by Crippen LogP contribution is -2.26. The lowest BCUT2D eigenvalue weighted by molar-refractivity contribution is -0.654. The Morgan fingerprint density at radius 3 is 2.43 bits per heavy atom. The number of nitrogens with zero attached hydrogens (tertiary/aromatic N) is 8. The highest BCUT2D eigenvalue weighted by molar-refractivity contribution is 5.40. The van der Waals surface area contributed by atoms with Crippen LogP contribution in [0.25, 0.3) is 11.6 Å². The minimum absolute atomic E-state index is 0.0370. The highest BCUT2D eigenvalue weighted by Gasteiger charge is 2.39. The first-order valence-corrected chi connectivity index (χ1v) is 3.07. The molecule has 0 bridgehead atoms. The zero-order valence-corrected chi connectivity index (χ0v) is 6.21. The van der Waals surface area contributed by atoms with Gasteiger partial charge < -0.3 is 20.2 Å². The first kappa shape index (κ1) is 7.96. The van der Waals surface area contributed by atoms with E-state index in [1.807, 2.05) is 0 Å². The standard InChI is InChI=1S/C2N8O4/c11-9(12)7-2-1(3-6-4-2)5-8(7)10(13)14. The third-order valence-electron chi connectivity index (χ3n) is 1.32. The zero-order valence-electron chi connectivity index (χ0n) is 6.21. The summed E-state index contributed by atoms with van der Waals surface area (Å²) in [6.07, 6.45) is 0. The number of fused-ring (bicyclic) bond motifs is 1. The summed E-state index contributed by atoms with van der Waals surface area (Å²) in [7, 11) is 0. The Labute approximate surface area is 73.3 Å². The van der Waals surface area contributed by atoms with Crippen molar-refractivity contribution in [3.8, 4) is 11.6 Å². The smallest absolute Gasteiger partial charge is 0.354 e. The van der Waals surface area contributed by atoms with Gasteiger partial charge in [0.15, 0.2) is 4.79 Å². The molecule has 0 radical (unpaired) electrons. The van der Waals surface area contributed by atoms with Crippen molar-refractivity contribution in [3.63, 3.8) is 0 Å². The molecular formula is C2N8O4. The Hall–Kier alpha value is -2.66. The van der Waals surface area contributed by atoms with Gasteiger partial charge in [0.05, 0.1) is 0 Å². The van der Waals surface area contributed by atoms with Crippen LogP contribution in [0.4, 0.5) is 0 Å². The van der Waals surface area contributed by atoms with Gasteiger partial charge in [0.2, 0.25) is 0 Å². The Kier molecular flexibility index (Phi) is 1.37. The fourth-order valence-corrected chi connectivity index (χ4v) is 0.851. The second-order valence-electron chi connectivity index (χ2n) is 2.07. The molecule has 0 fully saturated rings. The largest absolute Gasteiger partial charge is 0.376 e. The summed E-state index contributed by atoms with van der Waals surface area (Å²) < 4.78 is 0. The van der Waals surface area contributed by atoms with Crippen LogP contribution < -0.4 is 0 Å². The van der Waals surface area contributed by atoms with Gasteiger partial charge in [0, 0.05) is 0 Å². The van der Waals surface area contributed by atoms with Crippen LogP contribution in [0.3, 0.4) is 0 Å². The highest BCUT2D eigenvalue weighted by atomic mass is 16.7. The molecule has 0 unspecified atom stereocenters. The molecule has 0 aromatic heterocycles. The summed E-state index contributed by atoms with van der Waals surface area (Å²) in [5.74, 6) is -0.648. The van der Waals surface area contributed by atoms with Gasteiger partial charge in [-0.3, -0.25) is 0 Å². The van der Waals surface area contributed by atoms with Crippen LogP contribution in [0.15, 0.2) is 0 Å². The summed E-state index contributed by atoms with van der Waals surface area (Å²) >= 11 is 0. The Bertz CT molecular complexity index is 482. The molecule has 2 rings (SSSR count). The van der Waals surface area contributed by atoms with Gasteiger partial charge in [0.1, 0.15) is 15.2 Å². The van der Waals surface area contributed by atoms with E-state index in [1.54, 1.807) is 0 Å². The van der Waals surface area contributed by atoms with Crippen molar-refractivity contribution in [2.24, 2.45) is 0 Å². The maximum atomic E-state index is 10.4. The van der Waals surface area contributed by atoms with Gasteiger partial charge in [-0.15, -0.1) is 0 Å². The molecule has 0 aromatic carbocycles. The molecule has 12 nitrogen and oxygen atoms in total. The van der Waals surface area contributed by atoms with Gasteiger partial charge in [0.25, 0.3) is 4.91 Å². The van der Waals surface area contributed by atoms with Crippen LogP contribution in [0.1, 0.15) is 0 Å². The van der Waals surface area contributed by atoms with E-state index >= 15 is 0 Å². The molecular weight excluding hydrogens is 200 g/mol. The van der Waals surface area contributed by atoms with E-state index in [9.17, 15) is 20.2 Å². The molecule has 0 saturated heterocycles. The topological polar surface area (TPSA) is 148 Å². The highest BCUT2D eigenvalue weighted by Crippen LogP contribution is 2.12. The number of aromatic nitrogens is 6. The van der Waals surface area contributed by atoms with E-state index in [4.69, 9.17) is 0 Å². The van der Waals surface area contributed by atoms with E-state index in [2.05, 4.69) is 20.5 Å². The third-order valence-corrected chi connectivity index (χ3v) is 1.32. The zero-order chi connectivity index (χ0) is 10.3. The maximum Gasteiger partial charge on any atom is 0.376 e. The minimum atomic E-state index is -1.08.